The van der Waals surface area contributed by atoms with Crippen molar-refractivity contribution in [3.05, 3.63) is 48.8 Å². The molecule has 5 rings (SSSR count). The molecule has 1 atom stereocenters. The number of tetrazole rings is 1. The Morgan fingerprint density at radius 2 is 1.85 bits per heavy atom. The van der Waals surface area contributed by atoms with Gasteiger partial charge < -0.3 is 14.8 Å². The van der Waals surface area contributed by atoms with Crippen LogP contribution in [-0.2, 0) is 14.8 Å². The first kappa shape index (κ1) is 21.3. The van der Waals surface area contributed by atoms with Gasteiger partial charge in [0.15, 0.2) is 11.5 Å². The first-order valence-corrected chi connectivity index (χ1v) is 12.0. The zero-order valence-corrected chi connectivity index (χ0v) is 18.4. The summed E-state index contributed by atoms with van der Waals surface area (Å²) in [4.78, 5) is 13.1. The number of piperidine rings is 1. The van der Waals surface area contributed by atoms with Crippen LogP contribution >= 0.6 is 0 Å². The highest BCUT2D eigenvalue weighted by Crippen LogP contribution is 2.33. The average Bonchev–Trinajstić information content (AvgIpc) is 3.39. The summed E-state index contributed by atoms with van der Waals surface area (Å²) in [6, 6.07) is 11.5. The third kappa shape index (κ3) is 4.39. The van der Waals surface area contributed by atoms with Crippen LogP contribution in [0, 0.1) is 5.92 Å². The lowest BCUT2D eigenvalue weighted by atomic mass is 9.98. The lowest BCUT2D eigenvalue weighted by molar-refractivity contribution is -0.120. The molecule has 3 aromatic rings. The number of fused-ring (bicyclic) bond motifs is 1. The first-order valence-electron chi connectivity index (χ1n) is 10.5. The summed E-state index contributed by atoms with van der Waals surface area (Å²) in [6.07, 6.45) is 2.64. The lowest BCUT2D eigenvalue weighted by Gasteiger charge is -2.31. The molecule has 0 unspecified atom stereocenters. The molecule has 2 aliphatic rings. The van der Waals surface area contributed by atoms with Gasteiger partial charge in [-0.05, 0) is 59.7 Å². The zero-order valence-electron chi connectivity index (χ0n) is 17.6. The van der Waals surface area contributed by atoms with E-state index in [1.54, 1.807) is 30.3 Å². The number of aromatic nitrogens is 4. The maximum absolute atomic E-state index is 13.2. The SMILES string of the molecule is O=C(Nc1ccc2c(c1)OCCO2)[C@H]1CCCN(S(=O)(=O)c2ccc(-n3cnnn3)cc2)C1. The average molecular weight is 471 g/mol. The summed E-state index contributed by atoms with van der Waals surface area (Å²) in [5.41, 5.74) is 1.23. The van der Waals surface area contributed by atoms with Gasteiger partial charge in [-0.3, -0.25) is 4.79 Å². The minimum Gasteiger partial charge on any atom is -0.486 e. The molecule has 0 radical (unpaired) electrons. The van der Waals surface area contributed by atoms with Crippen LogP contribution in [0.15, 0.2) is 53.7 Å². The van der Waals surface area contributed by atoms with Crippen molar-refractivity contribution in [3.8, 4) is 17.2 Å². The molecule has 0 bridgehead atoms. The Bertz CT molecular complexity index is 1250. The number of ether oxygens (including phenoxy) is 2. The quantitative estimate of drug-likeness (QED) is 0.594. The molecule has 172 valence electrons. The van der Waals surface area contributed by atoms with Gasteiger partial charge >= 0.3 is 0 Å². The van der Waals surface area contributed by atoms with Gasteiger partial charge in [0.2, 0.25) is 15.9 Å². The topological polar surface area (TPSA) is 129 Å². The predicted molar refractivity (Wildman–Crippen MR) is 117 cm³/mol. The van der Waals surface area contributed by atoms with Crippen molar-refractivity contribution >= 4 is 21.6 Å². The Labute approximate surface area is 190 Å². The molecule has 1 N–H and O–H groups in total. The van der Waals surface area contributed by atoms with Crippen LogP contribution < -0.4 is 14.8 Å². The molecule has 2 aliphatic heterocycles. The minimum absolute atomic E-state index is 0.119. The van der Waals surface area contributed by atoms with E-state index in [-0.39, 0.29) is 17.3 Å². The van der Waals surface area contributed by atoms with Crippen molar-refractivity contribution in [2.45, 2.75) is 17.7 Å². The molecule has 1 fully saturated rings. The number of nitrogens with one attached hydrogen (secondary N) is 1. The molecule has 1 amide bonds. The van der Waals surface area contributed by atoms with E-state index in [0.717, 1.165) is 0 Å². The van der Waals surface area contributed by atoms with Crippen molar-refractivity contribution in [1.29, 1.82) is 0 Å². The lowest BCUT2D eigenvalue weighted by Crippen LogP contribution is -2.43. The van der Waals surface area contributed by atoms with Crippen LogP contribution in [0.4, 0.5) is 5.69 Å². The molecule has 2 aromatic carbocycles. The van der Waals surface area contributed by atoms with Gasteiger partial charge in [-0.15, -0.1) is 5.10 Å². The number of anilines is 1. The number of sulfonamides is 1. The van der Waals surface area contributed by atoms with Gasteiger partial charge in [0.25, 0.3) is 0 Å². The zero-order chi connectivity index (χ0) is 22.8. The first-order chi connectivity index (χ1) is 16.0. The molecule has 0 saturated carbocycles. The van der Waals surface area contributed by atoms with Gasteiger partial charge in [0, 0.05) is 24.8 Å². The number of hydrogen-bond acceptors (Lipinski definition) is 8. The van der Waals surface area contributed by atoms with E-state index in [1.165, 1.54) is 27.4 Å². The second kappa shape index (κ2) is 8.79. The van der Waals surface area contributed by atoms with Crippen LogP contribution in [0.2, 0.25) is 0 Å². The largest absolute Gasteiger partial charge is 0.486 e. The Hall–Kier alpha value is -3.51. The van der Waals surface area contributed by atoms with Crippen LogP contribution in [0.5, 0.6) is 11.5 Å². The second-order valence-corrected chi connectivity index (χ2v) is 9.74. The fourth-order valence-corrected chi connectivity index (χ4v) is 5.46. The summed E-state index contributed by atoms with van der Waals surface area (Å²) in [7, 11) is -3.74. The Balaban J connectivity index is 1.27. The predicted octanol–water partition coefficient (Wildman–Crippen LogP) is 1.47. The molecule has 33 heavy (non-hydrogen) atoms. The number of amides is 1. The monoisotopic (exact) mass is 470 g/mol. The van der Waals surface area contributed by atoms with E-state index in [1.807, 2.05) is 0 Å². The number of benzene rings is 2. The van der Waals surface area contributed by atoms with Crippen LogP contribution in [0.25, 0.3) is 5.69 Å². The fraction of sp³-hybridized carbons (Fsp3) is 0.333. The van der Waals surface area contributed by atoms with Crippen molar-refractivity contribution in [1.82, 2.24) is 24.5 Å². The summed E-state index contributed by atoms with van der Waals surface area (Å²) in [6.45, 7) is 1.43. The summed E-state index contributed by atoms with van der Waals surface area (Å²) in [5.74, 6) is 0.542. The molecule has 3 heterocycles. The maximum atomic E-state index is 13.2. The Kier molecular flexibility index (Phi) is 5.68. The minimum atomic E-state index is -3.74. The molecule has 0 spiro atoms. The smallest absolute Gasteiger partial charge is 0.243 e. The summed E-state index contributed by atoms with van der Waals surface area (Å²) < 4.78 is 40.2. The van der Waals surface area contributed by atoms with Crippen molar-refractivity contribution in [2.75, 3.05) is 31.6 Å². The van der Waals surface area contributed by atoms with Gasteiger partial charge in [-0.1, -0.05) is 0 Å². The number of nitrogens with zero attached hydrogens (tertiary/aromatic N) is 5. The molecular weight excluding hydrogens is 448 g/mol. The standard InChI is InChI=1S/C21H22N6O5S/c28-21(23-16-3-8-19-20(12-16)32-11-10-31-19)15-2-1-9-26(13-15)33(29,30)18-6-4-17(5-7-18)27-14-22-24-25-27/h3-8,12,14-15H,1-2,9-11,13H2,(H,23,28)/t15-/m0/s1. The summed E-state index contributed by atoms with van der Waals surface area (Å²) in [5, 5.41) is 13.8. The maximum Gasteiger partial charge on any atom is 0.243 e. The van der Waals surface area contributed by atoms with Gasteiger partial charge in [-0.25, -0.2) is 13.1 Å². The van der Waals surface area contributed by atoms with Crippen molar-refractivity contribution in [2.24, 2.45) is 5.92 Å². The van der Waals surface area contributed by atoms with Crippen LogP contribution in [0.3, 0.4) is 0 Å². The van der Waals surface area contributed by atoms with E-state index in [0.29, 0.717) is 55.5 Å². The van der Waals surface area contributed by atoms with E-state index >= 15 is 0 Å². The highest BCUT2D eigenvalue weighted by atomic mass is 32.2. The number of carbonyl (C=O) groups is 1. The number of rotatable bonds is 5. The molecular formula is C21H22N6O5S. The van der Waals surface area contributed by atoms with Gasteiger partial charge in [-0.2, -0.15) is 4.31 Å². The normalized spacial score (nSPS) is 18.6. The van der Waals surface area contributed by atoms with Crippen LogP contribution in [0.1, 0.15) is 12.8 Å². The van der Waals surface area contributed by atoms with E-state index in [9.17, 15) is 13.2 Å². The van der Waals surface area contributed by atoms with Gasteiger partial charge in [0.1, 0.15) is 19.5 Å². The third-order valence-electron chi connectivity index (χ3n) is 5.65. The summed E-state index contributed by atoms with van der Waals surface area (Å²) >= 11 is 0. The van der Waals surface area contributed by atoms with E-state index in [2.05, 4.69) is 20.8 Å². The molecule has 1 aromatic heterocycles. The van der Waals surface area contributed by atoms with Crippen molar-refractivity contribution in [3.63, 3.8) is 0 Å². The molecule has 0 aliphatic carbocycles. The number of carbonyl (C=O) groups excluding carboxylic acids is 1. The highest BCUT2D eigenvalue weighted by Gasteiger charge is 2.33. The Morgan fingerprint density at radius 3 is 2.61 bits per heavy atom. The van der Waals surface area contributed by atoms with Crippen molar-refractivity contribution < 1.29 is 22.7 Å². The fourth-order valence-electron chi connectivity index (χ4n) is 3.94. The number of hydrogen-bond donors (Lipinski definition) is 1. The second-order valence-electron chi connectivity index (χ2n) is 7.80. The molecule has 1 saturated heterocycles. The van der Waals surface area contributed by atoms with E-state index < -0.39 is 15.9 Å². The third-order valence-corrected chi connectivity index (χ3v) is 7.53. The highest BCUT2D eigenvalue weighted by molar-refractivity contribution is 7.89. The molecule has 11 nitrogen and oxygen atoms in total. The molecule has 12 heteroatoms. The van der Waals surface area contributed by atoms with Gasteiger partial charge in [0.05, 0.1) is 16.5 Å². The van der Waals surface area contributed by atoms with E-state index in [4.69, 9.17) is 9.47 Å². The Morgan fingerprint density at radius 1 is 1.06 bits per heavy atom. The van der Waals surface area contributed by atoms with Crippen LogP contribution in [-0.4, -0.2) is 65.1 Å².